The van der Waals surface area contributed by atoms with Crippen LogP contribution in [0.1, 0.15) is 96.5 Å². The second kappa shape index (κ2) is 15.3. The van der Waals surface area contributed by atoms with Crippen molar-refractivity contribution in [2.24, 2.45) is 17.8 Å². The number of ether oxygens (including phenoxy) is 3. The van der Waals surface area contributed by atoms with Crippen molar-refractivity contribution in [3.05, 3.63) is 53.3 Å². The molecule has 2 aliphatic carbocycles. The zero-order chi connectivity index (χ0) is 27.5. The average molecular weight is 535 g/mol. The summed E-state index contributed by atoms with van der Waals surface area (Å²) in [5.41, 5.74) is 0.505. The van der Waals surface area contributed by atoms with Crippen LogP contribution in [0, 0.1) is 35.2 Å². The second-order valence-corrected chi connectivity index (χ2v) is 10.4. The van der Waals surface area contributed by atoms with Crippen LogP contribution in [0.15, 0.2) is 30.3 Å². The lowest BCUT2D eigenvalue weighted by Gasteiger charge is -2.38. The van der Waals surface area contributed by atoms with E-state index in [1.54, 1.807) is 24.3 Å². The molecule has 212 valence electrons. The van der Waals surface area contributed by atoms with Crippen LogP contribution in [0.5, 0.6) is 17.2 Å². The van der Waals surface area contributed by atoms with Gasteiger partial charge in [0.15, 0.2) is 23.1 Å². The summed E-state index contributed by atoms with van der Waals surface area (Å²) in [7, 11) is 1.36. The van der Waals surface area contributed by atoms with E-state index in [4.69, 9.17) is 14.2 Å². The van der Waals surface area contributed by atoms with Crippen LogP contribution in [0.25, 0.3) is 0 Å². The molecule has 0 N–H and O–H groups in total. The molecule has 0 aromatic heterocycles. The van der Waals surface area contributed by atoms with Gasteiger partial charge in [-0.1, -0.05) is 32.8 Å². The molecule has 0 saturated heterocycles. The van der Waals surface area contributed by atoms with Crippen molar-refractivity contribution < 1.29 is 27.4 Å². The Kier molecular flexibility index (Phi) is 12.1. The first-order valence-electron chi connectivity index (χ1n) is 14.6. The highest BCUT2D eigenvalue weighted by molar-refractivity contribution is 5.34. The standard InChI is InChI=1S/C30H39F3O3.C2H6/c1-3-35-27-16-14-24(19-26(27)31)36-18-4-5-20-6-8-21(9-7-20)22-10-12-23(13-11-22)25-15-17-28(34-2)30(33)29(25)32;1-2/h14-17,19-23H,3-13,18H2,1-2H3;1-2H3. The number of benzene rings is 2. The van der Waals surface area contributed by atoms with E-state index in [1.165, 1.54) is 38.9 Å². The molecule has 0 amide bonds. The van der Waals surface area contributed by atoms with E-state index in [0.717, 1.165) is 50.4 Å². The fraction of sp³-hybridized carbons (Fsp3) is 0.625. The SMILES string of the molecule is CC.CCOc1ccc(OCCCC2CCC(C3CCC(c4ccc(OC)c(F)c4F)CC3)CC2)cc1F. The highest BCUT2D eigenvalue weighted by Gasteiger charge is 2.32. The molecule has 2 saturated carbocycles. The molecule has 2 aromatic carbocycles. The predicted octanol–water partition coefficient (Wildman–Crippen LogP) is 9.48. The molecule has 0 radical (unpaired) electrons. The lowest BCUT2D eigenvalue weighted by molar-refractivity contribution is 0.152. The van der Waals surface area contributed by atoms with Gasteiger partial charge in [0.2, 0.25) is 5.82 Å². The summed E-state index contributed by atoms with van der Waals surface area (Å²) in [6.45, 7) is 6.86. The molecule has 0 bridgehead atoms. The zero-order valence-electron chi connectivity index (χ0n) is 23.5. The summed E-state index contributed by atoms with van der Waals surface area (Å²) in [6, 6.07) is 8.01. The van der Waals surface area contributed by atoms with Gasteiger partial charge >= 0.3 is 0 Å². The molecule has 6 heteroatoms. The van der Waals surface area contributed by atoms with Crippen molar-refractivity contribution in [2.75, 3.05) is 20.3 Å². The first-order valence-corrected chi connectivity index (χ1v) is 14.6. The van der Waals surface area contributed by atoms with Gasteiger partial charge in [-0.05, 0) is 106 Å². The van der Waals surface area contributed by atoms with Crippen molar-refractivity contribution in [2.45, 2.75) is 90.9 Å². The first-order chi connectivity index (χ1) is 18.5. The molecule has 0 spiro atoms. The highest BCUT2D eigenvalue weighted by atomic mass is 19.2. The number of rotatable bonds is 10. The van der Waals surface area contributed by atoms with Crippen LogP contribution in [0.2, 0.25) is 0 Å². The van der Waals surface area contributed by atoms with Gasteiger partial charge in [-0.3, -0.25) is 0 Å². The van der Waals surface area contributed by atoms with Gasteiger partial charge < -0.3 is 14.2 Å². The van der Waals surface area contributed by atoms with Gasteiger partial charge in [0, 0.05) is 6.07 Å². The third kappa shape index (κ3) is 7.83. The van der Waals surface area contributed by atoms with E-state index in [2.05, 4.69) is 0 Å². The minimum absolute atomic E-state index is 0.0293. The summed E-state index contributed by atoms with van der Waals surface area (Å²) in [6.07, 6.45) is 11.2. The van der Waals surface area contributed by atoms with Gasteiger partial charge in [0.1, 0.15) is 5.75 Å². The Morgan fingerprint density at radius 3 is 2.00 bits per heavy atom. The van der Waals surface area contributed by atoms with Gasteiger partial charge in [-0.2, -0.15) is 4.39 Å². The van der Waals surface area contributed by atoms with Crippen LogP contribution in [-0.4, -0.2) is 20.3 Å². The van der Waals surface area contributed by atoms with E-state index in [-0.39, 0.29) is 23.2 Å². The summed E-state index contributed by atoms with van der Waals surface area (Å²) in [5.74, 6) is 1.07. The van der Waals surface area contributed by atoms with E-state index >= 15 is 0 Å². The van der Waals surface area contributed by atoms with E-state index in [0.29, 0.717) is 30.4 Å². The maximum atomic E-state index is 14.5. The fourth-order valence-electron chi connectivity index (χ4n) is 6.28. The highest BCUT2D eigenvalue weighted by Crippen LogP contribution is 2.45. The minimum atomic E-state index is -0.868. The van der Waals surface area contributed by atoms with Crippen molar-refractivity contribution >= 4 is 0 Å². The molecule has 0 atom stereocenters. The number of hydrogen-bond donors (Lipinski definition) is 0. The number of hydrogen-bond acceptors (Lipinski definition) is 3. The van der Waals surface area contributed by atoms with Crippen molar-refractivity contribution in [3.8, 4) is 17.2 Å². The largest absolute Gasteiger partial charge is 0.494 e. The third-order valence-electron chi connectivity index (χ3n) is 8.30. The quantitative estimate of drug-likeness (QED) is 0.284. The Hall–Kier alpha value is -2.37. The Morgan fingerprint density at radius 2 is 1.39 bits per heavy atom. The first kappa shape index (κ1) is 30.2. The number of methoxy groups -OCH3 is 1. The molecule has 38 heavy (non-hydrogen) atoms. The molecule has 0 heterocycles. The van der Waals surface area contributed by atoms with E-state index in [1.807, 2.05) is 20.8 Å². The number of halogens is 3. The summed E-state index contributed by atoms with van der Waals surface area (Å²) < 4.78 is 58.5. The van der Waals surface area contributed by atoms with Crippen molar-refractivity contribution in [1.82, 2.24) is 0 Å². The van der Waals surface area contributed by atoms with Crippen molar-refractivity contribution in [3.63, 3.8) is 0 Å². The van der Waals surface area contributed by atoms with Gasteiger partial charge in [0.25, 0.3) is 0 Å². The minimum Gasteiger partial charge on any atom is -0.494 e. The zero-order valence-corrected chi connectivity index (χ0v) is 23.5. The molecule has 4 rings (SSSR count). The molecule has 2 aliphatic rings. The summed E-state index contributed by atoms with van der Waals surface area (Å²) in [4.78, 5) is 0. The summed E-state index contributed by atoms with van der Waals surface area (Å²) >= 11 is 0. The lowest BCUT2D eigenvalue weighted by atomic mass is 9.68. The molecule has 0 unspecified atom stereocenters. The fourth-order valence-corrected chi connectivity index (χ4v) is 6.28. The Balaban J connectivity index is 0.00000195. The van der Waals surface area contributed by atoms with Crippen LogP contribution in [0.3, 0.4) is 0 Å². The molecular weight excluding hydrogens is 489 g/mol. The predicted molar refractivity (Wildman–Crippen MR) is 147 cm³/mol. The third-order valence-corrected chi connectivity index (χ3v) is 8.30. The normalized spacial score (nSPS) is 23.2. The molecule has 2 aromatic rings. The second-order valence-electron chi connectivity index (χ2n) is 10.4. The smallest absolute Gasteiger partial charge is 0.200 e. The van der Waals surface area contributed by atoms with Crippen LogP contribution >= 0.6 is 0 Å². The van der Waals surface area contributed by atoms with Crippen molar-refractivity contribution in [1.29, 1.82) is 0 Å². The average Bonchev–Trinajstić information content (AvgIpc) is 2.96. The van der Waals surface area contributed by atoms with Crippen LogP contribution in [-0.2, 0) is 0 Å². The van der Waals surface area contributed by atoms with E-state index in [9.17, 15) is 13.2 Å². The Morgan fingerprint density at radius 1 is 0.763 bits per heavy atom. The van der Waals surface area contributed by atoms with E-state index < -0.39 is 11.6 Å². The molecular formula is C32H45F3O3. The van der Waals surface area contributed by atoms with Crippen LogP contribution < -0.4 is 14.2 Å². The molecule has 3 nitrogen and oxygen atoms in total. The molecule has 2 fully saturated rings. The molecule has 0 aliphatic heterocycles. The lowest BCUT2D eigenvalue weighted by Crippen LogP contribution is -2.25. The van der Waals surface area contributed by atoms with Gasteiger partial charge in [-0.25, -0.2) is 8.78 Å². The van der Waals surface area contributed by atoms with Gasteiger partial charge in [0.05, 0.1) is 20.3 Å². The monoisotopic (exact) mass is 534 g/mol. The maximum absolute atomic E-state index is 14.5. The Labute approximate surface area is 227 Å². The van der Waals surface area contributed by atoms with Gasteiger partial charge in [-0.15, -0.1) is 0 Å². The maximum Gasteiger partial charge on any atom is 0.200 e. The Bertz CT molecular complexity index is 980. The van der Waals surface area contributed by atoms with Crippen LogP contribution in [0.4, 0.5) is 13.2 Å². The summed E-state index contributed by atoms with van der Waals surface area (Å²) in [5, 5.41) is 0. The topological polar surface area (TPSA) is 27.7 Å².